The molecule has 2 aliphatic rings. The first kappa shape index (κ1) is 13.8. The van der Waals surface area contributed by atoms with Gasteiger partial charge in [-0.25, -0.2) is 14.4 Å². The fourth-order valence-corrected chi connectivity index (χ4v) is 3.31. The highest BCUT2D eigenvalue weighted by molar-refractivity contribution is 5.31. The van der Waals surface area contributed by atoms with E-state index in [2.05, 4.69) is 14.9 Å². The Morgan fingerprint density at radius 1 is 1.05 bits per heavy atom. The third kappa shape index (κ3) is 2.88. The molecule has 2 aromatic rings. The Balaban J connectivity index is 1.49. The van der Waals surface area contributed by atoms with Crippen LogP contribution in [0.5, 0.6) is 0 Å². The number of nitrogens with zero attached hydrogens (tertiary/aromatic N) is 3. The van der Waals surface area contributed by atoms with Gasteiger partial charge in [0.1, 0.15) is 12.1 Å². The van der Waals surface area contributed by atoms with Gasteiger partial charge in [0.25, 0.3) is 0 Å². The summed E-state index contributed by atoms with van der Waals surface area (Å²) in [6, 6.07) is 6.84. The summed E-state index contributed by atoms with van der Waals surface area (Å²) in [6.45, 7) is 2.91. The molecule has 0 radical (unpaired) electrons. The van der Waals surface area contributed by atoms with Crippen LogP contribution < -0.4 is 0 Å². The zero-order chi connectivity index (χ0) is 14.9. The summed E-state index contributed by atoms with van der Waals surface area (Å²) in [5, 5.41) is 0. The molecule has 1 aliphatic heterocycles. The molecule has 22 heavy (non-hydrogen) atoms. The van der Waals surface area contributed by atoms with Gasteiger partial charge in [-0.15, -0.1) is 0 Å². The van der Waals surface area contributed by atoms with E-state index >= 15 is 0 Å². The summed E-state index contributed by atoms with van der Waals surface area (Å²) >= 11 is 0. The van der Waals surface area contributed by atoms with Crippen molar-refractivity contribution in [3.63, 3.8) is 0 Å². The van der Waals surface area contributed by atoms with E-state index in [1.807, 2.05) is 12.1 Å². The summed E-state index contributed by atoms with van der Waals surface area (Å²) in [5.74, 6) is 0.511. The van der Waals surface area contributed by atoms with E-state index < -0.39 is 0 Å². The van der Waals surface area contributed by atoms with E-state index in [0.29, 0.717) is 5.92 Å². The number of fused-ring (bicyclic) bond motifs is 1. The predicted molar refractivity (Wildman–Crippen MR) is 83.1 cm³/mol. The Morgan fingerprint density at radius 3 is 2.59 bits per heavy atom. The van der Waals surface area contributed by atoms with Crippen LogP contribution in [0.2, 0.25) is 0 Å². The van der Waals surface area contributed by atoms with E-state index in [0.717, 1.165) is 32.5 Å². The Labute approximate surface area is 130 Å². The second kappa shape index (κ2) is 5.76. The van der Waals surface area contributed by atoms with Gasteiger partial charge in [0.15, 0.2) is 0 Å². The van der Waals surface area contributed by atoms with Gasteiger partial charge in [-0.05, 0) is 42.5 Å². The standard InChI is InChI=1S/C18H20FN3/c19-15-5-1-13(2-6-15)11-22-9-7-16-17(8-10-22)20-12-21-18(16)14-3-4-14/h1-2,5-6,12,14H,3-4,7-11H2. The molecule has 1 aromatic heterocycles. The monoisotopic (exact) mass is 297 g/mol. The van der Waals surface area contributed by atoms with Crippen molar-refractivity contribution in [2.24, 2.45) is 0 Å². The highest BCUT2D eigenvalue weighted by Gasteiger charge is 2.29. The smallest absolute Gasteiger partial charge is 0.123 e. The minimum Gasteiger partial charge on any atom is -0.298 e. The van der Waals surface area contributed by atoms with Crippen LogP contribution >= 0.6 is 0 Å². The maximum absolute atomic E-state index is 13.0. The van der Waals surface area contributed by atoms with Crippen molar-refractivity contribution in [2.75, 3.05) is 13.1 Å². The maximum atomic E-state index is 13.0. The van der Waals surface area contributed by atoms with Crippen molar-refractivity contribution < 1.29 is 4.39 Å². The van der Waals surface area contributed by atoms with Crippen molar-refractivity contribution in [2.45, 2.75) is 38.1 Å². The second-order valence-corrected chi connectivity index (χ2v) is 6.36. The first-order valence-electron chi connectivity index (χ1n) is 8.09. The summed E-state index contributed by atoms with van der Waals surface area (Å²) in [6.07, 6.45) is 6.32. The molecule has 0 unspecified atom stereocenters. The summed E-state index contributed by atoms with van der Waals surface area (Å²) in [5.41, 5.74) is 5.10. The molecule has 1 saturated carbocycles. The number of rotatable bonds is 3. The second-order valence-electron chi connectivity index (χ2n) is 6.36. The lowest BCUT2D eigenvalue weighted by atomic mass is 10.0. The summed E-state index contributed by atoms with van der Waals surface area (Å²) in [4.78, 5) is 11.5. The Kier molecular flexibility index (Phi) is 3.62. The highest BCUT2D eigenvalue weighted by Crippen LogP contribution is 2.41. The fraction of sp³-hybridized carbons (Fsp3) is 0.444. The maximum Gasteiger partial charge on any atom is 0.123 e. The third-order valence-electron chi connectivity index (χ3n) is 4.69. The van der Waals surface area contributed by atoms with Gasteiger partial charge in [-0.3, -0.25) is 4.90 Å². The largest absolute Gasteiger partial charge is 0.298 e. The van der Waals surface area contributed by atoms with Crippen molar-refractivity contribution in [3.8, 4) is 0 Å². The van der Waals surface area contributed by atoms with Crippen LogP contribution in [-0.2, 0) is 19.4 Å². The van der Waals surface area contributed by atoms with Crippen LogP contribution in [0.15, 0.2) is 30.6 Å². The SMILES string of the molecule is Fc1ccc(CN2CCc3ncnc(C4CC4)c3CC2)cc1. The Bertz CT molecular complexity index is 665. The minimum atomic E-state index is -0.170. The number of hydrogen-bond acceptors (Lipinski definition) is 3. The molecule has 1 fully saturated rings. The van der Waals surface area contributed by atoms with E-state index in [1.54, 1.807) is 18.5 Å². The van der Waals surface area contributed by atoms with Gasteiger partial charge in [-0.1, -0.05) is 12.1 Å². The quantitative estimate of drug-likeness (QED) is 0.872. The van der Waals surface area contributed by atoms with Gasteiger partial charge >= 0.3 is 0 Å². The molecule has 0 amide bonds. The minimum absolute atomic E-state index is 0.170. The van der Waals surface area contributed by atoms with E-state index in [1.165, 1.54) is 35.4 Å². The average Bonchev–Trinajstić information content (AvgIpc) is 3.37. The van der Waals surface area contributed by atoms with Gasteiger partial charge in [0.05, 0.1) is 5.69 Å². The lowest BCUT2D eigenvalue weighted by Crippen LogP contribution is -2.26. The lowest BCUT2D eigenvalue weighted by Gasteiger charge is -2.19. The zero-order valence-electron chi connectivity index (χ0n) is 12.6. The molecule has 4 heteroatoms. The fourth-order valence-electron chi connectivity index (χ4n) is 3.31. The van der Waals surface area contributed by atoms with Crippen molar-refractivity contribution >= 4 is 0 Å². The molecule has 0 saturated heterocycles. The molecule has 0 spiro atoms. The molecule has 1 aromatic carbocycles. The normalized spacial score (nSPS) is 18.8. The van der Waals surface area contributed by atoms with Crippen LogP contribution in [0.25, 0.3) is 0 Å². The molecule has 114 valence electrons. The van der Waals surface area contributed by atoms with Crippen molar-refractivity contribution in [3.05, 3.63) is 58.9 Å². The topological polar surface area (TPSA) is 29.0 Å². The molecule has 4 rings (SSSR count). The van der Waals surface area contributed by atoms with Crippen LogP contribution in [0.4, 0.5) is 4.39 Å². The van der Waals surface area contributed by atoms with Crippen LogP contribution in [0, 0.1) is 5.82 Å². The van der Waals surface area contributed by atoms with Crippen LogP contribution in [0.3, 0.4) is 0 Å². The summed E-state index contributed by atoms with van der Waals surface area (Å²) in [7, 11) is 0. The lowest BCUT2D eigenvalue weighted by molar-refractivity contribution is 0.278. The molecule has 0 bridgehead atoms. The molecular weight excluding hydrogens is 277 g/mol. The molecular formula is C18H20FN3. The molecule has 2 heterocycles. The number of hydrogen-bond donors (Lipinski definition) is 0. The van der Waals surface area contributed by atoms with Gasteiger partial charge < -0.3 is 0 Å². The number of aromatic nitrogens is 2. The van der Waals surface area contributed by atoms with E-state index in [9.17, 15) is 4.39 Å². The molecule has 0 atom stereocenters. The van der Waals surface area contributed by atoms with E-state index in [-0.39, 0.29) is 5.82 Å². The van der Waals surface area contributed by atoms with Gasteiger partial charge in [0.2, 0.25) is 0 Å². The average molecular weight is 297 g/mol. The van der Waals surface area contributed by atoms with E-state index in [4.69, 9.17) is 0 Å². The first-order chi connectivity index (χ1) is 10.8. The number of halogens is 1. The molecule has 0 N–H and O–H groups in total. The summed E-state index contributed by atoms with van der Waals surface area (Å²) < 4.78 is 13.0. The third-order valence-corrected chi connectivity index (χ3v) is 4.69. The van der Waals surface area contributed by atoms with Crippen molar-refractivity contribution in [1.82, 2.24) is 14.9 Å². The molecule has 3 nitrogen and oxygen atoms in total. The number of benzene rings is 1. The first-order valence-corrected chi connectivity index (χ1v) is 8.09. The van der Waals surface area contributed by atoms with Crippen LogP contribution in [0.1, 0.15) is 41.3 Å². The van der Waals surface area contributed by atoms with Gasteiger partial charge in [0, 0.05) is 37.7 Å². The highest BCUT2D eigenvalue weighted by atomic mass is 19.1. The Morgan fingerprint density at radius 2 is 1.82 bits per heavy atom. The van der Waals surface area contributed by atoms with Crippen LogP contribution in [-0.4, -0.2) is 28.0 Å². The van der Waals surface area contributed by atoms with Crippen molar-refractivity contribution in [1.29, 1.82) is 0 Å². The predicted octanol–water partition coefficient (Wildman–Crippen LogP) is 3.09. The molecule has 1 aliphatic carbocycles. The Hall–Kier alpha value is -1.81. The zero-order valence-corrected chi connectivity index (χ0v) is 12.6. The van der Waals surface area contributed by atoms with Gasteiger partial charge in [-0.2, -0.15) is 0 Å².